The molecule has 1 N–H and O–H groups in total. The summed E-state index contributed by atoms with van der Waals surface area (Å²) >= 11 is 0. The number of amides is 3. The number of ether oxygens (including phenoxy) is 1. The summed E-state index contributed by atoms with van der Waals surface area (Å²) in [5, 5.41) is 2.58. The van der Waals surface area contributed by atoms with Crippen molar-refractivity contribution >= 4 is 29.4 Å². The fourth-order valence-electron chi connectivity index (χ4n) is 6.02. The van der Waals surface area contributed by atoms with E-state index < -0.39 is 29.7 Å². The monoisotopic (exact) mass is 471 g/mol. The Balaban J connectivity index is 1.31. The second-order valence-electron chi connectivity index (χ2n) is 10.0. The Kier molecular flexibility index (Phi) is 5.81. The summed E-state index contributed by atoms with van der Waals surface area (Å²) in [5.41, 5.74) is 0.0605. The van der Waals surface area contributed by atoms with E-state index >= 15 is 0 Å². The number of piperidine rings is 1. The lowest BCUT2D eigenvalue weighted by Crippen LogP contribution is -2.48. The number of fused-ring (bicyclic) bond motifs is 1. The normalized spacial score (nSPS) is 28.3. The van der Waals surface area contributed by atoms with Crippen molar-refractivity contribution in [3.63, 3.8) is 0 Å². The van der Waals surface area contributed by atoms with E-state index in [1.807, 2.05) is 4.90 Å². The average molecular weight is 472 g/mol. The van der Waals surface area contributed by atoms with E-state index in [1.54, 1.807) is 17.9 Å². The van der Waals surface area contributed by atoms with Crippen LogP contribution in [0.2, 0.25) is 0 Å². The Morgan fingerprint density at radius 1 is 1.15 bits per heavy atom. The van der Waals surface area contributed by atoms with Gasteiger partial charge >= 0.3 is 5.97 Å². The van der Waals surface area contributed by atoms with Gasteiger partial charge in [0.15, 0.2) is 5.82 Å². The first kappa shape index (κ1) is 22.8. The summed E-state index contributed by atoms with van der Waals surface area (Å²) in [6.07, 6.45) is 5.76. The van der Waals surface area contributed by atoms with Gasteiger partial charge in [0.1, 0.15) is 11.6 Å². The third-order valence-electron chi connectivity index (χ3n) is 7.93. The van der Waals surface area contributed by atoms with Crippen molar-refractivity contribution in [3.8, 4) is 0 Å². The van der Waals surface area contributed by atoms with Gasteiger partial charge in [-0.05, 0) is 50.2 Å². The Morgan fingerprint density at radius 2 is 1.88 bits per heavy atom. The average Bonchev–Trinajstić information content (AvgIpc) is 3.18. The molecule has 34 heavy (non-hydrogen) atoms. The molecule has 0 bridgehead atoms. The molecular formula is C25H30FN3O5. The van der Waals surface area contributed by atoms with Gasteiger partial charge in [-0.2, -0.15) is 0 Å². The number of esters is 1. The number of carbonyl (C=O) groups is 4. The van der Waals surface area contributed by atoms with Crippen LogP contribution in [0.1, 0.15) is 60.9 Å². The number of hydrogen-bond acceptors (Lipinski definition) is 5. The molecule has 5 rings (SSSR count). The van der Waals surface area contributed by atoms with Gasteiger partial charge in [-0.3, -0.25) is 14.4 Å². The van der Waals surface area contributed by atoms with Crippen molar-refractivity contribution in [2.24, 2.45) is 11.8 Å². The minimum absolute atomic E-state index is 0.00683. The van der Waals surface area contributed by atoms with Crippen LogP contribution in [-0.2, 0) is 19.1 Å². The molecule has 4 atom stereocenters. The lowest BCUT2D eigenvalue weighted by Gasteiger charge is -2.30. The zero-order valence-electron chi connectivity index (χ0n) is 19.5. The second-order valence-corrected chi connectivity index (χ2v) is 10.0. The van der Waals surface area contributed by atoms with E-state index in [-0.39, 0.29) is 47.5 Å². The van der Waals surface area contributed by atoms with Crippen molar-refractivity contribution < 1.29 is 28.3 Å². The van der Waals surface area contributed by atoms with Crippen LogP contribution in [0, 0.1) is 24.6 Å². The summed E-state index contributed by atoms with van der Waals surface area (Å²) in [4.78, 5) is 54.7. The Hall–Kier alpha value is -2.97. The number of carbonyl (C=O) groups excluding carboxylic acids is 4. The minimum Gasteiger partial charge on any atom is -0.465 e. The molecule has 4 fully saturated rings. The predicted octanol–water partition coefficient (Wildman–Crippen LogP) is 2.64. The molecule has 3 amide bonds. The fraction of sp³-hybridized carbons (Fsp3) is 0.600. The highest BCUT2D eigenvalue weighted by Gasteiger charge is 2.57. The molecule has 4 aliphatic rings. The highest BCUT2D eigenvalue weighted by molar-refractivity contribution is 6.01. The maximum atomic E-state index is 15.0. The van der Waals surface area contributed by atoms with E-state index in [4.69, 9.17) is 0 Å². The molecule has 9 heteroatoms. The molecule has 2 saturated carbocycles. The van der Waals surface area contributed by atoms with Gasteiger partial charge in [-0.25, -0.2) is 9.18 Å². The number of hydrogen-bond donors (Lipinski definition) is 1. The van der Waals surface area contributed by atoms with E-state index in [2.05, 4.69) is 10.1 Å². The van der Waals surface area contributed by atoms with Gasteiger partial charge in [0.05, 0.1) is 18.7 Å². The van der Waals surface area contributed by atoms with Crippen LogP contribution in [0.3, 0.4) is 0 Å². The number of likely N-dealkylation sites (tertiary alicyclic amines) is 2. The third kappa shape index (κ3) is 3.84. The second kappa shape index (κ2) is 8.67. The smallest absolute Gasteiger partial charge is 0.341 e. The van der Waals surface area contributed by atoms with Crippen LogP contribution >= 0.6 is 0 Å². The van der Waals surface area contributed by atoms with E-state index in [1.165, 1.54) is 13.2 Å². The topological polar surface area (TPSA) is 96.0 Å². The number of anilines is 1. The van der Waals surface area contributed by atoms with Crippen LogP contribution in [0.25, 0.3) is 0 Å². The van der Waals surface area contributed by atoms with Crippen LogP contribution in [0.4, 0.5) is 10.1 Å². The number of methoxy groups -OCH3 is 1. The molecule has 2 aliphatic heterocycles. The maximum absolute atomic E-state index is 15.0. The van der Waals surface area contributed by atoms with Crippen molar-refractivity contribution in [2.45, 2.75) is 70.0 Å². The molecule has 0 spiro atoms. The van der Waals surface area contributed by atoms with Gasteiger partial charge in [-0.1, -0.05) is 18.9 Å². The van der Waals surface area contributed by atoms with Gasteiger partial charge in [0.25, 0.3) is 0 Å². The number of nitrogens with one attached hydrogen (secondary N) is 1. The number of halogens is 1. The molecule has 0 aromatic heterocycles. The molecule has 2 aliphatic carbocycles. The predicted molar refractivity (Wildman–Crippen MR) is 120 cm³/mol. The van der Waals surface area contributed by atoms with Crippen LogP contribution in [0.15, 0.2) is 12.1 Å². The van der Waals surface area contributed by atoms with Gasteiger partial charge in [0.2, 0.25) is 17.7 Å². The molecular weight excluding hydrogens is 441 g/mol. The van der Waals surface area contributed by atoms with Crippen molar-refractivity contribution in [1.82, 2.24) is 9.80 Å². The van der Waals surface area contributed by atoms with Gasteiger partial charge in [0, 0.05) is 25.0 Å². The first-order chi connectivity index (χ1) is 16.3. The van der Waals surface area contributed by atoms with E-state index in [9.17, 15) is 23.6 Å². The summed E-state index contributed by atoms with van der Waals surface area (Å²) in [5.74, 6) is -2.46. The highest BCUT2D eigenvalue weighted by Crippen LogP contribution is 2.49. The summed E-state index contributed by atoms with van der Waals surface area (Å²) in [7, 11) is 1.17. The first-order valence-electron chi connectivity index (χ1n) is 12.1. The molecule has 8 nitrogen and oxygen atoms in total. The lowest BCUT2D eigenvalue weighted by atomic mass is 10.0. The molecule has 182 valence electrons. The zero-order valence-corrected chi connectivity index (χ0v) is 19.5. The van der Waals surface area contributed by atoms with Crippen LogP contribution in [0.5, 0.6) is 0 Å². The SMILES string of the molecule is COC(=O)c1c(C)ccc(NC(=O)[C@H]2C[C@H]3C[C@H]3N2C(=O)C2CC(=O)N(C3CCCC3)C2)c1F. The van der Waals surface area contributed by atoms with E-state index in [0.717, 1.165) is 32.1 Å². The van der Waals surface area contributed by atoms with Crippen LogP contribution < -0.4 is 5.32 Å². The highest BCUT2D eigenvalue weighted by atomic mass is 19.1. The van der Waals surface area contributed by atoms with Gasteiger partial charge in [-0.15, -0.1) is 0 Å². The summed E-state index contributed by atoms with van der Waals surface area (Å²) in [6, 6.07) is 2.47. The Morgan fingerprint density at radius 3 is 2.59 bits per heavy atom. The van der Waals surface area contributed by atoms with E-state index in [0.29, 0.717) is 18.5 Å². The third-order valence-corrected chi connectivity index (χ3v) is 7.93. The standard InChI is InChI=1S/C25H30FN3O5/c1-13-7-8-17(22(26)21(13)25(33)34-2)27-23(31)19-10-14-9-18(14)29(19)24(32)15-11-20(30)28(12-15)16-5-3-4-6-16/h7-8,14-16,18-19H,3-6,9-12H2,1-2H3,(H,27,31)/t14-,15?,18-,19-/m1/s1. The summed E-state index contributed by atoms with van der Waals surface area (Å²) in [6.45, 7) is 2.00. The lowest BCUT2D eigenvalue weighted by molar-refractivity contribution is -0.141. The van der Waals surface area contributed by atoms with Crippen LogP contribution in [-0.4, -0.2) is 65.3 Å². The molecule has 2 heterocycles. The molecule has 1 unspecified atom stereocenters. The number of aryl methyl sites for hydroxylation is 1. The molecule has 0 radical (unpaired) electrons. The Labute approximate surface area is 197 Å². The number of rotatable bonds is 5. The minimum atomic E-state index is -0.852. The summed E-state index contributed by atoms with van der Waals surface area (Å²) < 4.78 is 19.7. The molecule has 2 saturated heterocycles. The fourth-order valence-corrected chi connectivity index (χ4v) is 6.02. The largest absolute Gasteiger partial charge is 0.465 e. The zero-order chi connectivity index (χ0) is 24.1. The van der Waals surface area contributed by atoms with Crippen molar-refractivity contribution in [3.05, 3.63) is 29.1 Å². The first-order valence-corrected chi connectivity index (χ1v) is 12.1. The quantitative estimate of drug-likeness (QED) is 0.666. The molecule has 1 aromatic carbocycles. The number of nitrogens with zero attached hydrogens (tertiary/aromatic N) is 2. The maximum Gasteiger partial charge on any atom is 0.341 e. The Bertz CT molecular complexity index is 1050. The molecule has 1 aromatic rings. The van der Waals surface area contributed by atoms with Crippen molar-refractivity contribution in [1.29, 1.82) is 0 Å². The number of benzene rings is 1. The van der Waals surface area contributed by atoms with Crippen molar-refractivity contribution in [2.75, 3.05) is 19.0 Å². The van der Waals surface area contributed by atoms with Gasteiger partial charge < -0.3 is 19.9 Å².